The number of aryl methyl sites for hydroxylation is 1. The summed E-state index contributed by atoms with van der Waals surface area (Å²) in [5, 5.41) is 11.7. The van der Waals surface area contributed by atoms with Gasteiger partial charge in [0.05, 0.1) is 31.8 Å². The summed E-state index contributed by atoms with van der Waals surface area (Å²) < 4.78 is 21.0. The number of piperidine rings is 1. The molecule has 0 spiro atoms. The molecule has 1 aliphatic heterocycles. The van der Waals surface area contributed by atoms with Crippen molar-refractivity contribution in [2.75, 3.05) is 47.6 Å². The molecule has 1 aliphatic rings. The van der Waals surface area contributed by atoms with Crippen LogP contribution in [0.4, 0.5) is 5.69 Å². The highest BCUT2D eigenvalue weighted by Gasteiger charge is 2.30. The van der Waals surface area contributed by atoms with E-state index in [1.807, 2.05) is 12.1 Å². The van der Waals surface area contributed by atoms with E-state index in [4.69, 9.17) is 18.9 Å². The van der Waals surface area contributed by atoms with Crippen molar-refractivity contribution < 1.29 is 28.7 Å². The van der Waals surface area contributed by atoms with Crippen LogP contribution in [0.25, 0.3) is 0 Å². The minimum Gasteiger partial charge on any atom is -0.497 e. The molecule has 9 nitrogen and oxygen atoms in total. The highest BCUT2D eigenvalue weighted by atomic mass is 16.6. The molecule has 2 aromatic carbocycles. The fourth-order valence-corrected chi connectivity index (χ4v) is 4.14. The zero-order valence-corrected chi connectivity index (χ0v) is 20.0. The number of nitrogens with zero attached hydrogens (tertiary/aromatic N) is 2. The van der Waals surface area contributed by atoms with Crippen molar-refractivity contribution in [3.63, 3.8) is 0 Å². The number of hydrogen-bond acceptors (Lipinski definition) is 7. The van der Waals surface area contributed by atoms with Crippen molar-refractivity contribution in [3.8, 4) is 17.2 Å². The van der Waals surface area contributed by atoms with E-state index in [1.165, 1.54) is 31.9 Å². The molecule has 0 N–H and O–H groups in total. The summed E-state index contributed by atoms with van der Waals surface area (Å²) in [5.41, 5.74) is 0.979. The fraction of sp³-hybridized carbons (Fsp3) is 0.480. The lowest BCUT2D eigenvalue weighted by Gasteiger charge is -2.32. The maximum Gasteiger partial charge on any atom is 0.286 e. The Labute approximate surface area is 199 Å². The second kappa shape index (κ2) is 12.2. The highest BCUT2D eigenvalue weighted by Crippen LogP contribution is 2.36. The molecule has 1 heterocycles. The molecule has 1 amide bonds. The van der Waals surface area contributed by atoms with Crippen LogP contribution in [0.3, 0.4) is 0 Å². The van der Waals surface area contributed by atoms with Gasteiger partial charge in [-0.3, -0.25) is 14.9 Å². The number of hydrogen-bond donors (Lipinski definition) is 0. The van der Waals surface area contributed by atoms with Crippen LogP contribution in [0.5, 0.6) is 17.2 Å². The molecule has 0 unspecified atom stereocenters. The van der Waals surface area contributed by atoms with Crippen LogP contribution in [0.15, 0.2) is 36.4 Å². The molecule has 9 heteroatoms. The molecule has 3 rings (SSSR count). The first-order chi connectivity index (χ1) is 16.5. The number of amides is 1. The van der Waals surface area contributed by atoms with Crippen molar-refractivity contribution in [1.29, 1.82) is 0 Å². The fourth-order valence-electron chi connectivity index (χ4n) is 4.14. The standard InChI is InChI=1S/C25H32N2O7/c1-31-14-15-34-24-17-22(27(29)30)21(16-23(24)33-3)25(28)26-12-10-19(11-13-26)5-4-18-6-8-20(32-2)9-7-18/h6-9,16-17,19H,4-5,10-15H2,1-3H3. The molecular weight excluding hydrogens is 440 g/mol. The number of nitro groups is 1. The van der Waals surface area contributed by atoms with Crippen LogP contribution >= 0.6 is 0 Å². The maximum atomic E-state index is 13.2. The Morgan fingerprint density at radius 1 is 1.03 bits per heavy atom. The van der Waals surface area contributed by atoms with Gasteiger partial charge in [-0.25, -0.2) is 0 Å². The number of ether oxygens (including phenoxy) is 4. The number of carbonyl (C=O) groups is 1. The number of benzene rings is 2. The van der Waals surface area contributed by atoms with E-state index in [2.05, 4.69) is 12.1 Å². The number of nitro benzene ring substituents is 1. The molecule has 2 aromatic rings. The first-order valence-electron chi connectivity index (χ1n) is 11.4. The van der Waals surface area contributed by atoms with Crippen molar-refractivity contribution in [1.82, 2.24) is 4.90 Å². The third kappa shape index (κ3) is 6.38. The van der Waals surface area contributed by atoms with Gasteiger partial charge < -0.3 is 23.8 Å². The molecule has 0 radical (unpaired) electrons. The Balaban J connectivity index is 1.63. The van der Waals surface area contributed by atoms with Crippen molar-refractivity contribution in [2.45, 2.75) is 25.7 Å². The smallest absolute Gasteiger partial charge is 0.286 e. The quantitative estimate of drug-likeness (QED) is 0.275. The number of likely N-dealkylation sites (tertiary alicyclic amines) is 1. The van der Waals surface area contributed by atoms with Gasteiger partial charge in [-0.1, -0.05) is 12.1 Å². The van der Waals surface area contributed by atoms with Crippen LogP contribution in [-0.4, -0.2) is 63.4 Å². The first-order valence-corrected chi connectivity index (χ1v) is 11.4. The normalized spacial score (nSPS) is 14.0. The number of carbonyl (C=O) groups excluding carboxylic acids is 1. The number of rotatable bonds is 11. The summed E-state index contributed by atoms with van der Waals surface area (Å²) in [6.45, 7) is 1.67. The summed E-state index contributed by atoms with van der Waals surface area (Å²) in [5.74, 6) is 1.48. The molecule has 0 saturated carbocycles. The molecular formula is C25H32N2O7. The summed E-state index contributed by atoms with van der Waals surface area (Å²) >= 11 is 0. The van der Waals surface area contributed by atoms with E-state index in [1.54, 1.807) is 12.0 Å². The maximum absolute atomic E-state index is 13.2. The highest BCUT2D eigenvalue weighted by molar-refractivity contribution is 5.99. The molecule has 0 bridgehead atoms. The summed E-state index contributed by atoms with van der Waals surface area (Å²) in [6.07, 6.45) is 3.74. The van der Waals surface area contributed by atoms with Crippen molar-refractivity contribution >= 4 is 11.6 Å². The molecule has 0 aliphatic carbocycles. The van der Waals surface area contributed by atoms with Crippen LogP contribution in [0.2, 0.25) is 0 Å². The zero-order chi connectivity index (χ0) is 24.5. The van der Waals surface area contributed by atoms with E-state index in [0.717, 1.165) is 31.4 Å². The van der Waals surface area contributed by atoms with E-state index >= 15 is 0 Å². The molecule has 1 saturated heterocycles. The lowest BCUT2D eigenvalue weighted by atomic mass is 9.90. The molecule has 1 fully saturated rings. The molecule has 0 aromatic heterocycles. The van der Waals surface area contributed by atoms with E-state index < -0.39 is 4.92 Å². The van der Waals surface area contributed by atoms with Gasteiger partial charge in [0.15, 0.2) is 11.5 Å². The second-order valence-corrected chi connectivity index (χ2v) is 8.24. The van der Waals surface area contributed by atoms with Gasteiger partial charge in [0.2, 0.25) is 0 Å². The van der Waals surface area contributed by atoms with Crippen LogP contribution in [0, 0.1) is 16.0 Å². The lowest BCUT2D eigenvalue weighted by molar-refractivity contribution is -0.385. The molecule has 0 atom stereocenters. The van der Waals surface area contributed by atoms with Crippen LogP contribution < -0.4 is 14.2 Å². The zero-order valence-electron chi connectivity index (χ0n) is 20.0. The monoisotopic (exact) mass is 472 g/mol. The van der Waals surface area contributed by atoms with Gasteiger partial charge >= 0.3 is 0 Å². The summed E-state index contributed by atoms with van der Waals surface area (Å²) in [6, 6.07) is 10.7. The third-order valence-corrected chi connectivity index (χ3v) is 6.16. The Morgan fingerprint density at radius 3 is 2.32 bits per heavy atom. The average molecular weight is 473 g/mol. The largest absolute Gasteiger partial charge is 0.497 e. The van der Waals surface area contributed by atoms with E-state index in [0.29, 0.717) is 25.6 Å². The average Bonchev–Trinajstić information content (AvgIpc) is 2.87. The van der Waals surface area contributed by atoms with Gasteiger partial charge in [0.1, 0.15) is 17.9 Å². The predicted molar refractivity (Wildman–Crippen MR) is 127 cm³/mol. The molecule has 184 valence electrons. The minimum absolute atomic E-state index is 0.0117. The Kier molecular flexibility index (Phi) is 9.09. The summed E-state index contributed by atoms with van der Waals surface area (Å²) in [7, 11) is 4.62. The first kappa shape index (κ1) is 25.3. The Bertz CT molecular complexity index is 970. The summed E-state index contributed by atoms with van der Waals surface area (Å²) in [4.78, 5) is 26.0. The van der Waals surface area contributed by atoms with Gasteiger partial charge in [-0.2, -0.15) is 0 Å². The third-order valence-electron chi connectivity index (χ3n) is 6.16. The lowest BCUT2D eigenvalue weighted by Crippen LogP contribution is -2.38. The minimum atomic E-state index is -0.558. The second-order valence-electron chi connectivity index (χ2n) is 8.24. The van der Waals surface area contributed by atoms with Crippen LogP contribution in [-0.2, 0) is 11.2 Å². The molecule has 34 heavy (non-hydrogen) atoms. The van der Waals surface area contributed by atoms with Gasteiger partial charge in [-0.15, -0.1) is 0 Å². The van der Waals surface area contributed by atoms with Gasteiger partial charge in [0.25, 0.3) is 11.6 Å². The number of methoxy groups -OCH3 is 3. The van der Waals surface area contributed by atoms with Crippen molar-refractivity contribution in [2.24, 2.45) is 5.92 Å². The predicted octanol–water partition coefficient (Wildman–Crippen LogP) is 4.12. The van der Waals surface area contributed by atoms with E-state index in [-0.39, 0.29) is 35.3 Å². The van der Waals surface area contributed by atoms with E-state index in [9.17, 15) is 14.9 Å². The van der Waals surface area contributed by atoms with Crippen molar-refractivity contribution in [3.05, 3.63) is 57.6 Å². The van der Waals surface area contributed by atoms with Gasteiger partial charge in [0, 0.05) is 26.3 Å². The van der Waals surface area contributed by atoms with Gasteiger partial charge in [-0.05, 0) is 49.3 Å². The van der Waals surface area contributed by atoms with Crippen LogP contribution in [0.1, 0.15) is 35.2 Å². The Morgan fingerprint density at radius 2 is 1.74 bits per heavy atom. The Hall–Kier alpha value is -3.33. The SMILES string of the molecule is COCCOc1cc([N+](=O)[O-])c(C(=O)N2CCC(CCc3ccc(OC)cc3)CC2)cc1OC. The topological polar surface area (TPSA) is 100 Å².